The van der Waals surface area contributed by atoms with E-state index in [0.717, 1.165) is 42.2 Å². The fourth-order valence-electron chi connectivity index (χ4n) is 3.35. The summed E-state index contributed by atoms with van der Waals surface area (Å²) >= 11 is 0. The summed E-state index contributed by atoms with van der Waals surface area (Å²) in [5, 5.41) is 11.1. The van der Waals surface area contributed by atoms with Crippen molar-refractivity contribution in [3.8, 4) is 0 Å². The highest BCUT2D eigenvalue weighted by Crippen LogP contribution is 2.29. The molecule has 1 saturated heterocycles. The normalized spacial score (nSPS) is 17.6. The van der Waals surface area contributed by atoms with Gasteiger partial charge in [0, 0.05) is 17.8 Å². The van der Waals surface area contributed by atoms with Gasteiger partial charge in [-0.05, 0) is 68.5 Å². The number of nitrogen functional groups attached to an aromatic ring is 1. The number of hydrogen-bond acceptors (Lipinski definition) is 5. The van der Waals surface area contributed by atoms with E-state index in [2.05, 4.69) is 47.0 Å². The van der Waals surface area contributed by atoms with E-state index in [1.165, 1.54) is 18.4 Å². The molecule has 27 heavy (non-hydrogen) atoms. The Morgan fingerprint density at radius 1 is 1.30 bits per heavy atom. The van der Waals surface area contributed by atoms with Crippen molar-refractivity contribution in [2.75, 3.05) is 30.7 Å². The Morgan fingerprint density at radius 2 is 2.19 bits per heavy atom. The van der Waals surface area contributed by atoms with Gasteiger partial charge in [0.1, 0.15) is 6.61 Å². The quantitative estimate of drug-likeness (QED) is 0.289. The van der Waals surface area contributed by atoms with Gasteiger partial charge in [-0.25, -0.2) is 0 Å². The van der Waals surface area contributed by atoms with Crippen LogP contribution >= 0.6 is 0 Å². The van der Waals surface area contributed by atoms with Gasteiger partial charge in [-0.15, -0.1) is 0 Å². The second-order valence-corrected chi connectivity index (χ2v) is 7.11. The summed E-state index contributed by atoms with van der Waals surface area (Å²) in [5.41, 5.74) is 12.1. The molecule has 0 spiro atoms. The van der Waals surface area contributed by atoms with Crippen LogP contribution < -0.4 is 16.4 Å². The average Bonchev–Trinajstić information content (AvgIpc) is 2.70. The molecule has 0 aromatic heterocycles. The first kappa shape index (κ1) is 19.2. The Bertz CT molecular complexity index is 782. The third-order valence-corrected chi connectivity index (χ3v) is 4.90. The summed E-state index contributed by atoms with van der Waals surface area (Å²) in [6.45, 7) is 6.80. The highest BCUT2D eigenvalue weighted by Gasteiger charge is 2.15. The van der Waals surface area contributed by atoms with Crippen molar-refractivity contribution < 1.29 is 4.84 Å². The first-order valence-electron chi connectivity index (χ1n) is 9.81. The van der Waals surface area contributed by atoms with E-state index in [4.69, 9.17) is 10.6 Å². The zero-order valence-corrected chi connectivity index (χ0v) is 16.3. The molecule has 1 aliphatic heterocycles. The molecule has 0 aliphatic carbocycles. The Labute approximate surface area is 162 Å². The van der Waals surface area contributed by atoms with Gasteiger partial charge in [-0.2, -0.15) is 0 Å². The Morgan fingerprint density at radius 3 is 2.93 bits per heavy atom. The van der Waals surface area contributed by atoms with E-state index in [0.29, 0.717) is 18.2 Å². The molecule has 0 bridgehead atoms. The first-order chi connectivity index (χ1) is 13.2. The molecule has 4 N–H and O–H groups in total. The molecule has 1 aliphatic rings. The number of hydrogen-bond donors (Lipinski definition) is 3. The van der Waals surface area contributed by atoms with Crippen LogP contribution in [0.1, 0.15) is 50.2 Å². The highest BCUT2D eigenvalue weighted by molar-refractivity contribution is 6.00. The number of nitrogens with two attached hydrogens (primary N) is 1. The van der Waals surface area contributed by atoms with Crippen molar-refractivity contribution in [1.82, 2.24) is 5.32 Å². The number of nitrogens with zero attached hydrogens (tertiary/aromatic N) is 1. The zero-order valence-electron chi connectivity index (χ0n) is 16.3. The van der Waals surface area contributed by atoms with Crippen LogP contribution in [0, 0.1) is 0 Å². The topological polar surface area (TPSA) is 71.7 Å². The monoisotopic (exact) mass is 366 g/mol. The van der Waals surface area contributed by atoms with E-state index in [-0.39, 0.29) is 0 Å². The van der Waals surface area contributed by atoms with Crippen LogP contribution in [0.2, 0.25) is 0 Å². The van der Waals surface area contributed by atoms with E-state index >= 15 is 0 Å². The first-order valence-corrected chi connectivity index (χ1v) is 9.81. The van der Waals surface area contributed by atoms with Crippen LogP contribution in [0.3, 0.4) is 0 Å². The second kappa shape index (κ2) is 9.42. The molecule has 144 valence electrons. The lowest BCUT2D eigenvalue weighted by molar-refractivity contribution is 0.145. The summed E-state index contributed by atoms with van der Waals surface area (Å²) < 4.78 is 0. The summed E-state index contributed by atoms with van der Waals surface area (Å²) in [6, 6.07) is 14.6. The van der Waals surface area contributed by atoms with Crippen molar-refractivity contribution in [3.63, 3.8) is 0 Å². The molecule has 5 heteroatoms. The van der Waals surface area contributed by atoms with Crippen LogP contribution in [0.25, 0.3) is 0 Å². The molecule has 1 fully saturated rings. The minimum atomic E-state index is 0.585. The van der Waals surface area contributed by atoms with Gasteiger partial charge >= 0.3 is 0 Å². The third-order valence-electron chi connectivity index (χ3n) is 4.90. The molecule has 0 amide bonds. The van der Waals surface area contributed by atoms with Crippen LogP contribution in [-0.4, -0.2) is 25.4 Å². The van der Waals surface area contributed by atoms with Crippen LogP contribution in [0.15, 0.2) is 47.6 Å². The number of piperidine rings is 1. The van der Waals surface area contributed by atoms with E-state index < -0.39 is 0 Å². The SMILES string of the molecule is CCCO/N=C(\C)c1ccc(Nc2cccc(C3CCCNC3)c2)c(N)c1. The lowest BCUT2D eigenvalue weighted by atomic mass is 9.91. The van der Waals surface area contributed by atoms with Crippen LogP contribution in [0.5, 0.6) is 0 Å². The molecule has 5 nitrogen and oxygen atoms in total. The minimum Gasteiger partial charge on any atom is -0.397 e. The summed E-state index contributed by atoms with van der Waals surface area (Å²) in [7, 11) is 0. The Kier molecular flexibility index (Phi) is 6.71. The predicted octanol–water partition coefficient (Wildman–Crippen LogP) is 4.63. The molecule has 0 saturated carbocycles. The molecule has 0 radical (unpaired) electrons. The predicted molar refractivity (Wildman–Crippen MR) is 114 cm³/mol. The van der Waals surface area contributed by atoms with Gasteiger partial charge in [0.05, 0.1) is 17.1 Å². The standard InChI is InChI=1S/C22H30N4O/c1-3-12-27-26-16(2)17-9-10-22(21(23)14-17)25-20-8-4-6-18(13-20)19-7-5-11-24-15-19/h4,6,8-10,13-14,19,24-25H,3,5,7,11-12,15,23H2,1-2H3/b26-16+. The van der Waals surface area contributed by atoms with Crippen LogP contribution in [-0.2, 0) is 4.84 Å². The number of oxime groups is 1. The number of rotatable bonds is 7. The van der Waals surface area contributed by atoms with E-state index in [1.807, 2.05) is 25.1 Å². The van der Waals surface area contributed by atoms with Crippen molar-refractivity contribution in [2.45, 2.75) is 39.0 Å². The maximum Gasteiger partial charge on any atom is 0.116 e. The minimum absolute atomic E-state index is 0.585. The summed E-state index contributed by atoms with van der Waals surface area (Å²) in [6.07, 6.45) is 3.42. The number of anilines is 3. The third kappa shape index (κ3) is 5.23. The maximum absolute atomic E-state index is 6.27. The second-order valence-electron chi connectivity index (χ2n) is 7.11. The summed E-state index contributed by atoms with van der Waals surface area (Å²) in [4.78, 5) is 5.26. The molecular formula is C22H30N4O. The van der Waals surface area contributed by atoms with Gasteiger partial charge < -0.3 is 21.2 Å². The summed E-state index contributed by atoms with van der Waals surface area (Å²) in [5.74, 6) is 0.585. The van der Waals surface area contributed by atoms with Gasteiger partial charge in [0.15, 0.2) is 0 Å². The van der Waals surface area contributed by atoms with E-state index in [1.54, 1.807) is 0 Å². The Balaban J connectivity index is 1.71. The van der Waals surface area contributed by atoms with Gasteiger partial charge in [-0.3, -0.25) is 0 Å². The molecule has 1 atom stereocenters. The average molecular weight is 367 g/mol. The van der Waals surface area contributed by atoms with Crippen molar-refractivity contribution in [1.29, 1.82) is 0 Å². The molecule has 2 aromatic rings. The molecule has 2 aromatic carbocycles. The highest BCUT2D eigenvalue weighted by atomic mass is 16.6. The fraction of sp³-hybridized carbons (Fsp3) is 0.409. The lowest BCUT2D eigenvalue weighted by Gasteiger charge is -2.23. The van der Waals surface area contributed by atoms with E-state index in [9.17, 15) is 0 Å². The zero-order chi connectivity index (χ0) is 19.1. The molecule has 1 heterocycles. The molecule has 3 rings (SSSR count). The van der Waals surface area contributed by atoms with Gasteiger partial charge in [-0.1, -0.05) is 30.3 Å². The number of benzene rings is 2. The maximum atomic E-state index is 6.27. The van der Waals surface area contributed by atoms with Gasteiger partial charge in [0.2, 0.25) is 0 Å². The lowest BCUT2D eigenvalue weighted by Crippen LogP contribution is -2.28. The number of nitrogens with one attached hydrogen (secondary N) is 2. The van der Waals surface area contributed by atoms with Crippen molar-refractivity contribution in [2.24, 2.45) is 5.16 Å². The van der Waals surface area contributed by atoms with Crippen LogP contribution in [0.4, 0.5) is 17.1 Å². The molecule has 1 unspecified atom stereocenters. The van der Waals surface area contributed by atoms with Crippen molar-refractivity contribution in [3.05, 3.63) is 53.6 Å². The smallest absolute Gasteiger partial charge is 0.116 e. The fourth-order valence-corrected chi connectivity index (χ4v) is 3.35. The Hall–Kier alpha value is -2.53. The molecular weight excluding hydrogens is 336 g/mol. The van der Waals surface area contributed by atoms with Crippen molar-refractivity contribution >= 4 is 22.8 Å². The van der Waals surface area contributed by atoms with Gasteiger partial charge in [0.25, 0.3) is 0 Å². The largest absolute Gasteiger partial charge is 0.397 e.